The molecule has 0 bridgehead atoms. The molecule has 1 saturated heterocycles. The molecular weight excluding hydrogens is 152 g/mol. The van der Waals surface area contributed by atoms with Crippen molar-refractivity contribution in [2.24, 2.45) is 5.92 Å². The van der Waals surface area contributed by atoms with Crippen LogP contribution in [0.4, 0.5) is 0 Å². The Bertz CT molecular complexity index is 159. The third kappa shape index (κ3) is 2.08. The summed E-state index contributed by atoms with van der Waals surface area (Å²) in [5, 5.41) is 0. The van der Waals surface area contributed by atoms with Gasteiger partial charge in [-0.15, -0.1) is 0 Å². The largest absolute Gasteiger partial charge is 0.350 e. The molecule has 2 rings (SSSR count). The van der Waals surface area contributed by atoms with Crippen LogP contribution in [0.3, 0.4) is 0 Å². The van der Waals surface area contributed by atoms with E-state index in [9.17, 15) is 0 Å². The highest BCUT2D eigenvalue weighted by atomic mass is 16.7. The summed E-state index contributed by atoms with van der Waals surface area (Å²) in [6.07, 6.45) is 9.58. The summed E-state index contributed by atoms with van der Waals surface area (Å²) in [6, 6.07) is 0. The summed E-state index contributed by atoms with van der Waals surface area (Å²) in [4.78, 5) is 0. The van der Waals surface area contributed by atoms with Gasteiger partial charge in [0.1, 0.15) is 0 Å². The first kappa shape index (κ1) is 8.27. The smallest absolute Gasteiger partial charge is 0.157 e. The van der Waals surface area contributed by atoms with Gasteiger partial charge in [-0.05, 0) is 31.6 Å². The maximum Gasteiger partial charge on any atom is 0.157 e. The summed E-state index contributed by atoms with van der Waals surface area (Å²) >= 11 is 0. The molecule has 1 aliphatic carbocycles. The minimum absolute atomic E-state index is 0.0963. The van der Waals surface area contributed by atoms with Crippen molar-refractivity contribution in [2.75, 3.05) is 13.2 Å². The van der Waals surface area contributed by atoms with E-state index in [4.69, 9.17) is 9.47 Å². The van der Waals surface area contributed by atoms with Gasteiger partial charge in [-0.3, -0.25) is 0 Å². The van der Waals surface area contributed by atoms with Crippen molar-refractivity contribution in [3.8, 4) is 0 Å². The Hall–Kier alpha value is -0.340. The Morgan fingerprint density at radius 2 is 2.00 bits per heavy atom. The van der Waals surface area contributed by atoms with Crippen LogP contribution < -0.4 is 0 Å². The van der Waals surface area contributed by atoms with Crippen LogP contribution in [0, 0.1) is 5.92 Å². The lowest BCUT2D eigenvalue weighted by Crippen LogP contribution is -2.09. The molecule has 1 atom stereocenters. The van der Waals surface area contributed by atoms with Crippen LogP contribution in [0.2, 0.25) is 0 Å². The fourth-order valence-corrected chi connectivity index (χ4v) is 1.86. The predicted molar refractivity (Wildman–Crippen MR) is 46.8 cm³/mol. The molecule has 0 aromatic heterocycles. The van der Waals surface area contributed by atoms with Crippen LogP contribution in [0.1, 0.15) is 25.7 Å². The first-order valence-electron chi connectivity index (χ1n) is 4.85. The monoisotopic (exact) mass is 168 g/mol. The highest BCUT2D eigenvalue weighted by molar-refractivity contribution is 4.95. The molecule has 1 heterocycles. The fourth-order valence-electron chi connectivity index (χ4n) is 1.86. The average Bonchev–Trinajstić information content (AvgIpc) is 2.74. The Balaban J connectivity index is 1.63. The molecule has 2 nitrogen and oxygen atoms in total. The second-order valence-corrected chi connectivity index (χ2v) is 3.51. The molecule has 12 heavy (non-hydrogen) atoms. The lowest BCUT2D eigenvalue weighted by Gasteiger charge is -2.11. The van der Waals surface area contributed by atoms with Crippen molar-refractivity contribution >= 4 is 0 Å². The third-order valence-electron chi connectivity index (χ3n) is 2.58. The van der Waals surface area contributed by atoms with Crippen LogP contribution in [0.5, 0.6) is 0 Å². The van der Waals surface area contributed by atoms with E-state index in [1.165, 1.54) is 19.3 Å². The van der Waals surface area contributed by atoms with Crippen molar-refractivity contribution in [3.05, 3.63) is 12.2 Å². The fraction of sp³-hybridized carbons (Fsp3) is 0.800. The SMILES string of the molecule is C1=CC(CCC2OCCO2)CC1. The molecule has 0 saturated carbocycles. The quantitative estimate of drug-likeness (QED) is 0.601. The van der Waals surface area contributed by atoms with Crippen LogP contribution in [0.25, 0.3) is 0 Å². The topological polar surface area (TPSA) is 18.5 Å². The Morgan fingerprint density at radius 3 is 2.67 bits per heavy atom. The van der Waals surface area contributed by atoms with Crippen molar-refractivity contribution in [2.45, 2.75) is 32.0 Å². The molecule has 0 aromatic rings. The molecule has 0 radical (unpaired) electrons. The van der Waals surface area contributed by atoms with Crippen molar-refractivity contribution in [1.29, 1.82) is 0 Å². The molecular formula is C10H16O2. The molecule has 1 aliphatic heterocycles. The average molecular weight is 168 g/mol. The molecule has 1 fully saturated rings. The summed E-state index contributed by atoms with van der Waals surface area (Å²) in [5.74, 6) is 0.790. The van der Waals surface area contributed by atoms with E-state index >= 15 is 0 Å². The molecule has 0 N–H and O–H groups in total. The molecule has 0 aromatic carbocycles. The second kappa shape index (κ2) is 4.06. The maximum atomic E-state index is 5.37. The van der Waals surface area contributed by atoms with E-state index in [0.717, 1.165) is 25.6 Å². The van der Waals surface area contributed by atoms with Crippen molar-refractivity contribution in [1.82, 2.24) is 0 Å². The molecule has 68 valence electrons. The first-order chi connectivity index (χ1) is 5.95. The Morgan fingerprint density at radius 1 is 1.17 bits per heavy atom. The van der Waals surface area contributed by atoms with Crippen LogP contribution in [-0.2, 0) is 9.47 Å². The summed E-state index contributed by atoms with van der Waals surface area (Å²) in [6.45, 7) is 1.57. The standard InChI is InChI=1S/C10H16O2/c1-2-4-9(3-1)5-6-10-11-7-8-12-10/h1,3,9-10H,2,4-8H2. The summed E-state index contributed by atoms with van der Waals surface area (Å²) in [7, 11) is 0. The van der Waals surface area contributed by atoms with Gasteiger partial charge in [-0.2, -0.15) is 0 Å². The van der Waals surface area contributed by atoms with Crippen LogP contribution >= 0.6 is 0 Å². The molecule has 2 heteroatoms. The van der Waals surface area contributed by atoms with Gasteiger partial charge in [0, 0.05) is 0 Å². The van der Waals surface area contributed by atoms with Crippen LogP contribution in [-0.4, -0.2) is 19.5 Å². The van der Waals surface area contributed by atoms with E-state index in [1.54, 1.807) is 0 Å². The zero-order valence-corrected chi connectivity index (χ0v) is 7.37. The second-order valence-electron chi connectivity index (χ2n) is 3.51. The van der Waals surface area contributed by atoms with E-state index in [-0.39, 0.29) is 6.29 Å². The van der Waals surface area contributed by atoms with Gasteiger partial charge in [0.15, 0.2) is 6.29 Å². The number of rotatable bonds is 3. The van der Waals surface area contributed by atoms with Crippen molar-refractivity contribution < 1.29 is 9.47 Å². The van der Waals surface area contributed by atoms with E-state index in [2.05, 4.69) is 12.2 Å². The maximum absolute atomic E-state index is 5.37. The zero-order valence-electron chi connectivity index (χ0n) is 7.37. The highest BCUT2D eigenvalue weighted by Gasteiger charge is 2.18. The Labute approximate surface area is 73.5 Å². The molecule has 0 spiro atoms. The minimum atomic E-state index is 0.0963. The number of hydrogen-bond donors (Lipinski definition) is 0. The van der Waals surface area contributed by atoms with Gasteiger partial charge >= 0.3 is 0 Å². The lowest BCUT2D eigenvalue weighted by atomic mass is 10.0. The van der Waals surface area contributed by atoms with E-state index in [1.807, 2.05) is 0 Å². The van der Waals surface area contributed by atoms with E-state index < -0.39 is 0 Å². The van der Waals surface area contributed by atoms with E-state index in [0.29, 0.717) is 0 Å². The van der Waals surface area contributed by atoms with Crippen LogP contribution in [0.15, 0.2) is 12.2 Å². The minimum Gasteiger partial charge on any atom is -0.350 e. The summed E-state index contributed by atoms with van der Waals surface area (Å²) < 4.78 is 10.7. The molecule has 2 aliphatic rings. The predicted octanol–water partition coefficient (Wildman–Crippen LogP) is 2.11. The van der Waals surface area contributed by atoms with Gasteiger partial charge in [-0.1, -0.05) is 12.2 Å². The zero-order chi connectivity index (χ0) is 8.23. The molecule has 1 unspecified atom stereocenters. The van der Waals surface area contributed by atoms with Crippen molar-refractivity contribution in [3.63, 3.8) is 0 Å². The highest BCUT2D eigenvalue weighted by Crippen LogP contribution is 2.24. The lowest BCUT2D eigenvalue weighted by molar-refractivity contribution is -0.0492. The van der Waals surface area contributed by atoms with Gasteiger partial charge < -0.3 is 9.47 Å². The normalized spacial score (nSPS) is 30.2. The van der Waals surface area contributed by atoms with Gasteiger partial charge in [-0.25, -0.2) is 0 Å². The Kier molecular flexibility index (Phi) is 2.79. The number of hydrogen-bond acceptors (Lipinski definition) is 2. The summed E-state index contributed by atoms with van der Waals surface area (Å²) in [5.41, 5.74) is 0. The molecule has 0 amide bonds. The third-order valence-corrected chi connectivity index (χ3v) is 2.58. The van der Waals surface area contributed by atoms with Gasteiger partial charge in [0.05, 0.1) is 13.2 Å². The number of ether oxygens (including phenoxy) is 2. The van der Waals surface area contributed by atoms with Gasteiger partial charge in [0.2, 0.25) is 0 Å². The first-order valence-corrected chi connectivity index (χ1v) is 4.85. The van der Waals surface area contributed by atoms with Gasteiger partial charge in [0.25, 0.3) is 0 Å². The number of allylic oxidation sites excluding steroid dienone is 2.